The fraction of sp³-hybridized carbons (Fsp3) is 0.350. The van der Waals surface area contributed by atoms with Crippen LogP contribution < -0.4 is 19.5 Å². The molecule has 0 aromatic heterocycles. The van der Waals surface area contributed by atoms with Crippen molar-refractivity contribution in [3.05, 3.63) is 53.6 Å². The summed E-state index contributed by atoms with van der Waals surface area (Å²) in [4.78, 5) is 12.9. The van der Waals surface area contributed by atoms with Crippen LogP contribution in [0.5, 0.6) is 17.2 Å². The molecule has 0 radical (unpaired) electrons. The lowest BCUT2D eigenvalue weighted by Gasteiger charge is -2.30. The second kappa shape index (κ2) is 7.05. The molecule has 5 nitrogen and oxygen atoms in total. The third kappa shape index (κ3) is 3.40. The summed E-state index contributed by atoms with van der Waals surface area (Å²) in [5.41, 5.74) is 1.09. The maximum absolute atomic E-state index is 12.9. The molecule has 2 aromatic carbocycles. The van der Waals surface area contributed by atoms with Crippen LogP contribution in [0.1, 0.15) is 36.2 Å². The van der Waals surface area contributed by atoms with Gasteiger partial charge >= 0.3 is 0 Å². The molecular weight excluding hydrogens is 318 g/mol. The Hall–Kier alpha value is -2.69. The molecule has 0 saturated heterocycles. The van der Waals surface area contributed by atoms with Gasteiger partial charge in [-0.2, -0.15) is 0 Å². The zero-order valence-electron chi connectivity index (χ0n) is 14.8. The van der Waals surface area contributed by atoms with Crippen molar-refractivity contribution >= 4 is 5.91 Å². The average Bonchev–Trinajstić information content (AvgIpc) is 2.67. The first-order valence-electron chi connectivity index (χ1n) is 8.43. The molecule has 0 fully saturated rings. The predicted molar refractivity (Wildman–Crippen MR) is 95.5 cm³/mol. The first-order chi connectivity index (χ1) is 12.1. The van der Waals surface area contributed by atoms with E-state index in [4.69, 9.17) is 14.2 Å². The van der Waals surface area contributed by atoms with E-state index in [9.17, 15) is 4.79 Å². The van der Waals surface area contributed by atoms with Crippen molar-refractivity contribution in [1.82, 2.24) is 5.32 Å². The Labute approximate surface area is 147 Å². The summed E-state index contributed by atoms with van der Waals surface area (Å²) in [6, 6.07) is 13.3. The Morgan fingerprint density at radius 1 is 1.20 bits per heavy atom. The van der Waals surface area contributed by atoms with Crippen molar-refractivity contribution in [3.8, 4) is 17.2 Å². The van der Waals surface area contributed by atoms with Gasteiger partial charge in [0.25, 0.3) is 5.91 Å². The maximum Gasteiger partial charge on any atom is 0.252 e. The molecule has 5 heteroatoms. The van der Waals surface area contributed by atoms with Gasteiger partial charge in [0.2, 0.25) is 5.75 Å². The number of amides is 1. The van der Waals surface area contributed by atoms with Gasteiger partial charge < -0.3 is 19.5 Å². The van der Waals surface area contributed by atoms with Crippen LogP contribution in [0.25, 0.3) is 0 Å². The third-order valence-corrected chi connectivity index (χ3v) is 4.60. The summed E-state index contributed by atoms with van der Waals surface area (Å²) in [5, 5.41) is 3.14. The molecule has 2 aromatic rings. The summed E-state index contributed by atoms with van der Waals surface area (Å²) in [5.74, 6) is 1.41. The largest absolute Gasteiger partial charge is 0.493 e. The van der Waals surface area contributed by atoms with Crippen molar-refractivity contribution in [2.24, 2.45) is 0 Å². The van der Waals surface area contributed by atoms with Crippen LogP contribution in [0.15, 0.2) is 42.5 Å². The highest BCUT2D eigenvalue weighted by atomic mass is 16.6. The lowest BCUT2D eigenvalue weighted by Crippen LogP contribution is -2.43. The minimum absolute atomic E-state index is 0.177. The zero-order chi connectivity index (χ0) is 17.9. The zero-order valence-corrected chi connectivity index (χ0v) is 14.8. The van der Waals surface area contributed by atoms with E-state index >= 15 is 0 Å². The molecule has 132 valence electrons. The van der Waals surface area contributed by atoms with Gasteiger partial charge in [0.1, 0.15) is 13.2 Å². The minimum Gasteiger partial charge on any atom is -0.493 e. The molecule has 3 rings (SSSR count). The molecule has 1 unspecified atom stereocenters. The van der Waals surface area contributed by atoms with Gasteiger partial charge in [-0.1, -0.05) is 37.3 Å². The third-order valence-electron chi connectivity index (χ3n) is 4.60. The molecule has 1 amide bonds. The van der Waals surface area contributed by atoms with E-state index in [1.165, 1.54) is 0 Å². The number of ether oxygens (including phenoxy) is 3. The average molecular weight is 341 g/mol. The van der Waals surface area contributed by atoms with Gasteiger partial charge in [0.15, 0.2) is 11.5 Å². The fourth-order valence-electron chi connectivity index (χ4n) is 2.90. The van der Waals surface area contributed by atoms with Crippen molar-refractivity contribution in [3.63, 3.8) is 0 Å². The molecule has 25 heavy (non-hydrogen) atoms. The van der Waals surface area contributed by atoms with Gasteiger partial charge in [-0.15, -0.1) is 0 Å². The summed E-state index contributed by atoms with van der Waals surface area (Å²) in [6.07, 6.45) is 0.768. The van der Waals surface area contributed by atoms with Crippen LogP contribution in [0.2, 0.25) is 0 Å². The van der Waals surface area contributed by atoms with Crippen molar-refractivity contribution < 1.29 is 19.0 Å². The van der Waals surface area contributed by atoms with Crippen molar-refractivity contribution in [2.75, 3.05) is 20.3 Å². The molecular formula is C20H23NO4. The standard InChI is InChI=1S/C20H23NO4/c1-4-20(2,15-8-6-5-7-9-15)21-19(22)14-12-16(23-3)18-17(13-14)24-10-11-25-18/h5-9,12-13H,4,10-11H2,1-3H3,(H,21,22). The lowest BCUT2D eigenvalue weighted by atomic mass is 9.89. The molecule has 0 bridgehead atoms. The summed E-state index contributed by atoms with van der Waals surface area (Å²) in [7, 11) is 1.55. The molecule has 0 saturated carbocycles. The number of fused-ring (bicyclic) bond motifs is 1. The molecule has 1 aliphatic heterocycles. The van der Waals surface area contributed by atoms with Crippen LogP contribution in [0.3, 0.4) is 0 Å². The summed E-state index contributed by atoms with van der Waals surface area (Å²) in [6.45, 7) is 5.00. The molecule has 1 atom stereocenters. The van der Waals surface area contributed by atoms with Crippen LogP contribution in [0, 0.1) is 0 Å². The van der Waals surface area contributed by atoms with Crippen LogP contribution in [-0.2, 0) is 5.54 Å². The minimum atomic E-state index is -0.459. The monoisotopic (exact) mass is 341 g/mol. The number of nitrogens with one attached hydrogen (secondary N) is 1. The van der Waals surface area contributed by atoms with Gasteiger partial charge in [-0.25, -0.2) is 0 Å². The fourth-order valence-corrected chi connectivity index (χ4v) is 2.90. The second-order valence-electron chi connectivity index (χ2n) is 6.21. The smallest absolute Gasteiger partial charge is 0.252 e. The Bertz CT molecular complexity index is 743. The van der Waals surface area contributed by atoms with E-state index in [0.29, 0.717) is 36.0 Å². The Balaban J connectivity index is 1.90. The van der Waals surface area contributed by atoms with E-state index < -0.39 is 5.54 Å². The maximum atomic E-state index is 12.9. The van der Waals surface area contributed by atoms with Gasteiger partial charge in [0.05, 0.1) is 12.6 Å². The van der Waals surface area contributed by atoms with Crippen molar-refractivity contribution in [2.45, 2.75) is 25.8 Å². The lowest BCUT2D eigenvalue weighted by molar-refractivity contribution is 0.0900. The van der Waals surface area contributed by atoms with E-state index in [1.54, 1.807) is 19.2 Å². The highest BCUT2D eigenvalue weighted by Gasteiger charge is 2.28. The van der Waals surface area contributed by atoms with Crippen LogP contribution >= 0.6 is 0 Å². The summed E-state index contributed by atoms with van der Waals surface area (Å²) >= 11 is 0. The number of rotatable bonds is 5. The number of methoxy groups -OCH3 is 1. The van der Waals surface area contributed by atoms with Gasteiger partial charge in [-0.05, 0) is 31.0 Å². The Morgan fingerprint density at radius 2 is 1.92 bits per heavy atom. The van der Waals surface area contributed by atoms with Crippen LogP contribution in [-0.4, -0.2) is 26.2 Å². The highest BCUT2D eigenvalue weighted by Crippen LogP contribution is 2.40. The molecule has 1 heterocycles. The first-order valence-corrected chi connectivity index (χ1v) is 8.43. The molecule has 0 spiro atoms. The van der Waals surface area contributed by atoms with E-state index in [1.807, 2.05) is 37.3 Å². The topological polar surface area (TPSA) is 56.8 Å². The summed E-state index contributed by atoms with van der Waals surface area (Å²) < 4.78 is 16.6. The quantitative estimate of drug-likeness (QED) is 0.904. The molecule has 0 aliphatic carbocycles. The normalized spacial score (nSPS) is 15.2. The number of carbonyl (C=O) groups excluding carboxylic acids is 1. The predicted octanol–water partition coefficient (Wildman–Crippen LogP) is 3.52. The number of hydrogen-bond acceptors (Lipinski definition) is 4. The van der Waals surface area contributed by atoms with Gasteiger partial charge in [0, 0.05) is 5.56 Å². The number of carbonyl (C=O) groups is 1. The molecule has 1 N–H and O–H groups in total. The first kappa shape index (κ1) is 17.1. The van der Waals surface area contributed by atoms with Gasteiger partial charge in [-0.3, -0.25) is 4.79 Å². The number of benzene rings is 2. The number of hydrogen-bond donors (Lipinski definition) is 1. The van der Waals surface area contributed by atoms with Crippen molar-refractivity contribution in [1.29, 1.82) is 0 Å². The Kier molecular flexibility index (Phi) is 4.83. The second-order valence-corrected chi connectivity index (χ2v) is 6.21. The SMILES string of the molecule is CCC(C)(NC(=O)c1cc(OC)c2c(c1)OCCO2)c1ccccc1. The van der Waals surface area contributed by atoms with E-state index in [2.05, 4.69) is 12.2 Å². The highest BCUT2D eigenvalue weighted by molar-refractivity contribution is 5.96. The van der Waals surface area contributed by atoms with E-state index in [-0.39, 0.29) is 5.91 Å². The Morgan fingerprint density at radius 3 is 2.60 bits per heavy atom. The van der Waals surface area contributed by atoms with E-state index in [0.717, 1.165) is 12.0 Å². The molecule has 1 aliphatic rings. The van der Waals surface area contributed by atoms with Crippen LogP contribution in [0.4, 0.5) is 0 Å².